The van der Waals surface area contributed by atoms with Crippen molar-refractivity contribution in [2.45, 2.75) is 96.7 Å². The van der Waals surface area contributed by atoms with Crippen LogP contribution in [0.3, 0.4) is 0 Å². The summed E-state index contributed by atoms with van der Waals surface area (Å²) < 4.78 is 11.8. The lowest BCUT2D eigenvalue weighted by atomic mass is 10.00. The number of hydrogen-bond donors (Lipinski definition) is 0. The predicted octanol–water partition coefficient (Wildman–Crippen LogP) is 5.45. The van der Waals surface area contributed by atoms with Crippen molar-refractivity contribution in [2.75, 3.05) is 13.2 Å². The first-order chi connectivity index (χ1) is 9.33. The summed E-state index contributed by atoms with van der Waals surface area (Å²) in [5, 5.41) is 0. The summed E-state index contributed by atoms with van der Waals surface area (Å²) in [5.74, 6) is -0.210. The Morgan fingerprint density at radius 3 is 1.68 bits per heavy atom. The monoisotopic (exact) mass is 270 g/mol. The van der Waals surface area contributed by atoms with Gasteiger partial charge in [-0.25, -0.2) is 0 Å². The van der Waals surface area contributed by atoms with E-state index in [1.54, 1.807) is 0 Å². The van der Waals surface area contributed by atoms with Gasteiger partial charge < -0.3 is 9.47 Å². The van der Waals surface area contributed by atoms with Crippen molar-refractivity contribution >= 4 is 0 Å². The minimum Gasteiger partial charge on any atom is -0.348 e. The fourth-order valence-corrected chi connectivity index (χ4v) is 2.89. The maximum atomic E-state index is 5.88. The summed E-state index contributed by atoms with van der Waals surface area (Å²) in [6, 6.07) is 0. The minimum absolute atomic E-state index is 0.210. The quantitative estimate of drug-likeness (QED) is 0.439. The average Bonchev–Trinajstić information content (AvgIpc) is 2.89. The van der Waals surface area contributed by atoms with Gasteiger partial charge in [0.2, 0.25) is 0 Å². The smallest absolute Gasteiger partial charge is 0.168 e. The van der Waals surface area contributed by atoms with E-state index in [0.29, 0.717) is 0 Å². The highest BCUT2D eigenvalue weighted by atomic mass is 16.7. The molecule has 19 heavy (non-hydrogen) atoms. The molecule has 0 aromatic heterocycles. The molecular formula is C17H34O2. The molecule has 2 heteroatoms. The second kappa shape index (κ2) is 10.7. The predicted molar refractivity (Wildman–Crippen MR) is 81.4 cm³/mol. The van der Waals surface area contributed by atoms with Gasteiger partial charge in [0.15, 0.2) is 5.79 Å². The molecule has 0 amide bonds. The Morgan fingerprint density at radius 1 is 0.632 bits per heavy atom. The molecule has 0 radical (unpaired) electrons. The molecule has 0 aromatic carbocycles. The first-order valence-electron chi connectivity index (χ1n) is 8.61. The maximum absolute atomic E-state index is 5.88. The van der Waals surface area contributed by atoms with E-state index >= 15 is 0 Å². The van der Waals surface area contributed by atoms with E-state index < -0.39 is 0 Å². The van der Waals surface area contributed by atoms with Gasteiger partial charge in [0, 0.05) is 12.8 Å². The number of ether oxygens (including phenoxy) is 2. The Bertz CT molecular complexity index is 197. The number of rotatable bonds is 12. The fraction of sp³-hybridized carbons (Fsp3) is 1.00. The average molecular weight is 270 g/mol. The topological polar surface area (TPSA) is 18.5 Å². The molecule has 0 bridgehead atoms. The van der Waals surface area contributed by atoms with Gasteiger partial charge in [-0.15, -0.1) is 0 Å². The maximum Gasteiger partial charge on any atom is 0.168 e. The van der Waals surface area contributed by atoms with Crippen LogP contribution in [-0.2, 0) is 9.47 Å². The van der Waals surface area contributed by atoms with Gasteiger partial charge in [-0.05, 0) is 12.8 Å². The molecule has 2 nitrogen and oxygen atoms in total. The molecule has 0 atom stereocenters. The lowest BCUT2D eigenvalue weighted by Gasteiger charge is -2.27. The summed E-state index contributed by atoms with van der Waals surface area (Å²) in [7, 11) is 0. The minimum atomic E-state index is -0.210. The Balaban J connectivity index is 2.02. The van der Waals surface area contributed by atoms with Gasteiger partial charge in [-0.2, -0.15) is 0 Å². The normalized spacial score (nSPS) is 18.0. The van der Waals surface area contributed by atoms with Crippen molar-refractivity contribution in [3.63, 3.8) is 0 Å². The fourth-order valence-electron chi connectivity index (χ4n) is 2.89. The van der Waals surface area contributed by atoms with Crippen LogP contribution in [0.25, 0.3) is 0 Å². The number of hydrogen-bond acceptors (Lipinski definition) is 2. The van der Waals surface area contributed by atoms with Crippen LogP contribution >= 0.6 is 0 Å². The summed E-state index contributed by atoms with van der Waals surface area (Å²) in [4.78, 5) is 0. The molecule has 114 valence electrons. The summed E-state index contributed by atoms with van der Waals surface area (Å²) in [6.45, 7) is 6.10. The van der Waals surface area contributed by atoms with E-state index in [1.165, 1.54) is 64.2 Å². The van der Waals surface area contributed by atoms with Crippen molar-refractivity contribution in [3.8, 4) is 0 Å². The molecule has 0 unspecified atom stereocenters. The molecule has 0 spiro atoms. The Kier molecular flexibility index (Phi) is 9.54. The molecule has 1 fully saturated rings. The van der Waals surface area contributed by atoms with Crippen molar-refractivity contribution in [1.29, 1.82) is 0 Å². The first-order valence-corrected chi connectivity index (χ1v) is 8.61. The van der Waals surface area contributed by atoms with Crippen LogP contribution in [0.15, 0.2) is 0 Å². The lowest BCUT2D eigenvalue weighted by molar-refractivity contribution is -0.168. The third kappa shape index (κ3) is 7.31. The summed E-state index contributed by atoms with van der Waals surface area (Å²) >= 11 is 0. The van der Waals surface area contributed by atoms with Gasteiger partial charge in [-0.1, -0.05) is 65.2 Å². The summed E-state index contributed by atoms with van der Waals surface area (Å²) in [5.41, 5.74) is 0. The van der Waals surface area contributed by atoms with Crippen LogP contribution in [0.1, 0.15) is 90.9 Å². The molecule has 0 saturated carbocycles. The van der Waals surface area contributed by atoms with Crippen molar-refractivity contribution in [3.05, 3.63) is 0 Å². The molecule has 1 aliphatic rings. The molecule has 0 N–H and O–H groups in total. The largest absolute Gasteiger partial charge is 0.348 e. The van der Waals surface area contributed by atoms with Gasteiger partial charge in [-0.3, -0.25) is 0 Å². The van der Waals surface area contributed by atoms with E-state index in [0.717, 1.165) is 26.1 Å². The molecular weight excluding hydrogens is 236 g/mol. The van der Waals surface area contributed by atoms with Crippen molar-refractivity contribution in [1.82, 2.24) is 0 Å². The number of unbranched alkanes of at least 4 members (excludes halogenated alkanes) is 8. The second-order valence-electron chi connectivity index (χ2n) is 5.94. The molecule has 1 rings (SSSR count). The Labute approximate surface area is 120 Å². The van der Waals surface area contributed by atoms with E-state index in [4.69, 9.17) is 9.47 Å². The SMILES string of the molecule is CCCCCCCCCCC1(CCCC)OCCO1. The van der Waals surface area contributed by atoms with Crippen molar-refractivity contribution < 1.29 is 9.47 Å². The van der Waals surface area contributed by atoms with Gasteiger partial charge in [0.05, 0.1) is 13.2 Å². The van der Waals surface area contributed by atoms with E-state index in [2.05, 4.69) is 13.8 Å². The highest BCUT2D eigenvalue weighted by Gasteiger charge is 2.34. The zero-order valence-corrected chi connectivity index (χ0v) is 13.2. The van der Waals surface area contributed by atoms with Crippen LogP contribution in [0.4, 0.5) is 0 Å². The van der Waals surface area contributed by atoms with Crippen LogP contribution in [0.2, 0.25) is 0 Å². The van der Waals surface area contributed by atoms with E-state index in [-0.39, 0.29) is 5.79 Å². The van der Waals surface area contributed by atoms with Crippen LogP contribution < -0.4 is 0 Å². The van der Waals surface area contributed by atoms with Crippen LogP contribution in [-0.4, -0.2) is 19.0 Å². The van der Waals surface area contributed by atoms with Gasteiger partial charge in [0.1, 0.15) is 0 Å². The van der Waals surface area contributed by atoms with E-state index in [9.17, 15) is 0 Å². The highest BCUT2D eigenvalue weighted by Crippen LogP contribution is 2.31. The molecule has 1 heterocycles. The van der Waals surface area contributed by atoms with Gasteiger partial charge >= 0.3 is 0 Å². The van der Waals surface area contributed by atoms with Gasteiger partial charge in [0.25, 0.3) is 0 Å². The zero-order chi connectivity index (χ0) is 13.8. The van der Waals surface area contributed by atoms with Crippen LogP contribution in [0.5, 0.6) is 0 Å². The zero-order valence-electron chi connectivity index (χ0n) is 13.2. The van der Waals surface area contributed by atoms with Crippen molar-refractivity contribution in [2.24, 2.45) is 0 Å². The Hall–Kier alpha value is -0.0800. The summed E-state index contributed by atoms with van der Waals surface area (Å²) in [6.07, 6.45) is 15.6. The molecule has 1 saturated heterocycles. The first kappa shape index (κ1) is 17.0. The second-order valence-corrected chi connectivity index (χ2v) is 5.94. The highest BCUT2D eigenvalue weighted by molar-refractivity contribution is 4.74. The molecule has 0 aliphatic carbocycles. The third-order valence-electron chi connectivity index (χ3n) is 4.14. The Morgan fingerprint density at radius 2 is 1.11 bits per heavy atom. The molecule has 1 aliphatic heterocycles. The molecule has 0 aromatic rings. The third-order valence-corrected chi connectivity index (χ3v) is 4.14. The van der Waals surface area contributed by atoms with E-state index in [1.807, 2.05) is 0 Å². The lowest BCUT2D eigenvalue weighted by Crippen LogP contribution is -2.29. The standard InChI is InChI=1S/C17H34O2/c1-3-5-7-8-9-10-11-12-14-17(13-6-4-2)18-15-16-19-17/h3-16H2,1-2H3. The van der Waals surface area contributed by atoms with Crippen LogP contribution in [0, 0.1) is 0 Å².